The van der Waals surface area contributed by atoms with E-state index in [2.05, 4.69) is 15.3 Å². The Morgan fingerprint density at radius 2 is 2.44 bits per heavy atom. The highest BCUT2D eigenvalue weighted by Gasteiger charge is 2.32. The number of aromatic nitrogens is 2. The van der Waals surface area contributed by atoms with E-state index in [1.807, 2.05) is 0 Å². The average molecular weight is 245 g/mol. The molecule has 0 radical (unpaired) electrons. The lowest BCUT2D eigenvalue weighted by Gasteiger charge is -2.21. The standard InChI is InChI=1S/C9H13ClN4O2/c10-7-6(11)8(14-5-13-7)12-3-9(15)1-2-16-4-9/h5,15H,1-4,11H2,(H,12,13,14). The summed E-state index contributed by atoms with van der Waals surface area (Å²) in [6, 6.07) is 0. The van der Waals surface area contributed by atoms with Gasteiger partial charge in [-0.3, -0.25) is 0 Å². The highest BCUT2D eigenvalue weighted by Crippen LogP contribution is 2.24. The molecule has 0 bridgehead atoms. The van der Waals surface area contributed by atoms with Crippen LogP contribution in [0.15, 0.2) is 6.33 Å². The zero-order valence-electron chi connectivity index (χ0n) is 8.61. The molecule has 0 spiro atoms. The van der Waals surface area contributed by atoms with Crippen molar-refractivity contribution in [3.8, 4) is 0 Å². The van der Waals surface area contributed by atoms with E-state index in [0.29, 0.717) is 32.0 Å². The maximum Gasteiger partial charge on any atom is 0.157 e. The lowest BCUT2D eigenvalue weighted by molar-refractivity contribution is 0.0381. The zero-order chi connectivity index (χ0) is 11.6. The van der Waals surface area contributed by atoms with Gasteiger partial charge in [-0.25, -0.2) is 9.97 Å². The summed E-state index contributed by atoms with van der Waals surface area (Å²) in [4.78, 5) is 7.69. The molecular formula is C9H13ClN4O2. The molecule has 1 saturated heterocycles. The molecule has 4 N–H and O–H groups in total. The first-order valence-electron chi connectivity index (χ1n) is 4.91. The van der Waals surface area contributed by atoms with Crippen molar-refractivity contribution in [1.29, 1.82) is 0 Å². The van der Waals surface area contributed by atoms with Crippen LogP contribution in [-0.4, -0.2) is 40.4 Å². The third-order valence-corrected chi connectivity index (χ3v) is 2.80. The van der Waals surface area contributed by atoms with E-state index in [1.165, 1.54) is 6.33 Å². The molecular weight excluding hydrogens is 232 g/mol. The van der Waals surface area contributed by atoms with Crippen LogP contribution in [0.3, 0.4) is 0 Å². The summed E-state index contributed by atoms with van der Waals surface area (Å²) in [5.41, 5.74) is 5.10. The number of anilines is 2. The first-order chi connectivity index (χ1) is 7.61. The van der Waals surface area contributed by atoms with Gasteiger partial charge in [-0.05, 0) is 0 Å². The van der Waals surface area contributed by atoms with Gasteiger partial charge in [-0.15, -0.1) is 0 Å². The summed E-state index contributed by atoms with van der Waals surface area (Å²) in [6.07, 6.45) is 1.91. The van der Waals surface area contributed by atoms with Crippen molar-refractivity contribution in [2.75, 3.05) is 30.8 Å². The number of nitrogens with zero attached hydrogens (tertiary/aromatic N) is 2. The minimum Gasteiger partial charge on any atom is -0.393 e. The normalized spacial score (nSPS) is 24.6. The molecule has 1 atom stereocenters. The molecule has 0 saturated carbocycles. The Morgan fingerprint density at radius 3 is 3.12 bits per heavy atom. The topological polar surface area (TPSA) is 93.3 Å². The van der Waals surface area contributed by atoms with Crippen molar-refractivity contribution in [2.45, 2.75) is 12.0 Å². The van der Waals surface area contributed by atoms with Crippen LogP contribution < -0.4 is 11.1 Å². The Labute approximate surface area is 97.8 Å². The lowest BCUT2D eigenvalue weighted by atomic mass is 10.0. The molecule has 0 aromatic carbocycles. The summed E-state index contributed by atoms with van der Waals surface area (Å²) in [5.74, 6) is 0.431. The Balaban J connectivity index is 2.02. The molecule has 1 aliphatic heterocycles. The second-order valence-electron chi connectivity index (χ2n) is 3.81. The number of hydrogen-bond donors (Lipinski definition) is 3. The van der Waals surface area contributed by atoms with Crippen molar-refractivity contribution in [3.63, 3.8) is 0 Å². The zero-order valence-corrected chi connectivity index (χ0v) is 9.37. The van der Waals surface area contributed by atoms with Crippen LogP contribution in [0.1, 0.15) is 6.42 Å². The van der Waals surface area contributed by atoms with Crippen molar-refractivity contribution in [3.05, 3.63) is 11.5 Å². The van der Waals surface area contributed by atoms with Crippen molar-refractivity contribution < 1.29 is 9.84 Å². The fourth-order valence-corrected chi connectivity index (χ4v) is 1.63. The minimum absolute atomic E-state index is 0.201. The second-order valence-corrected chi connectivity index (χ2v) is 4.17. The van der Waals surface area contributed by atoms with Crippen LogP contribution >= 0.6 is 11.6 Å². The predicted octanol–water partition coefficient (Wildman–Crippen LogP) is 0.275. The van der Waals surface area contributed by atoms with Crippen LogP contribution in [0.2, 0.25) is 5.15 Å². The highest BCUT2D eigenvalue weighted by atomic mass is 35.5. The van der Waals surface area contributed by atoms with E-state index in [9.17, 15) is 5.11 Å². The Bertz CT molecular complexity index is 382. The number of nitrogen functional groups attached to an aromatic ring is 1. The monoisotopic (exact) mass is 244 g/mol. The Kier molecular flexibility index (Phi) is 3.13. The Morgan fingerprint density at radius 1 is 1.62 bits per heavy atom. The summed E-state index contributed by atoms with van der Waals surface area (Å²) < 4.78 is 5.12. The SMILES string of the molecule is Nc1c(Cl)ncnc1NCC1(O)CCOC1. The van der Waals surface area contributed by atoms with E-state index < -0.39 is 5.60 Å². The molecule has 88 valence electrons. The molecule has 0 amide bonds. The molecule has 1 fully saturated rings. The van der Waals surface area contributed by atoms with E-state index in [1.54, 1.807) is 0 Å². The molecule has 6 nitrogen and oxygen atoms in total. The number of rotatable bonds is 3. The number of ether oxygens (including phenoxy) is 1. The van der Waals surface area contributed by atoms with Gasteiger partial charge >= 0.3 is 0 Å². The highest BCUT2D eigenvalue weighted by molar-refractivity contribution is 6.32. The first-order valence-corrected chi connectivity index (χ1v) is 5.28. The quantitative estimate of drug-likeness (QED) is 0.661. The largest absolute Gasteiger partial charge is 0.393 e. The molecule has 16 heavy (non-hydrogen) atoms. The van der Waals surface area contributed by atoms with Gasteiger partial charge in [0, 0.05) is 19.6 Å². The first kappa shape index (κ1) is 11.4. The van der Waals surface area contributed by atoms with Crippen LogP contribution in [-0.2, 0) is 4.74 Å². The van der Waals surface area contributed by atoms with Gasteiger partial charge in [0.25, 0.3) is 0 Å². The molecule has 2 rings (SSSR count). The van der Waals surface area contributed by atoms with Gasteiger partial charge in [0.15, 0.2) is 11.0 Å². The third-order valence-electron chi connectivity index (χ3n) is 2.50. The number of halogens is 1. The number of aliphatic hydroxyl groups is 1. The fourth-order valence-electron chi connectivity index (χ4n) is 1.50. The van der Waals surface area contributed by atoms with Gasteiger partial charge in [0.1, 0.15) is 17.6 Å². The van der Waals surface area contributed by atoms with E-state index in [-0.39, 0.29) is 10.8 Å². The van der Waals surface area contributed by atoms with E-state index in [4.69, 9.17) is 22.1 Å². The smallest absolute Gasteiger partial charge is 0.157 e. The molecule has 7 heteroatoms. The molecule has 0 aliphatic carbocycles. The van der Waals surface area contributed by atoms with Gasteiger partial charge < -0.3 is 20.9 Å². The number of nitrogens with two attached hydrogens (primary N) is 1. The van der Waals surface area contributed by atoms with Crippen LogP contribution in [0.5, 0.6) is 0 Å². The van der Waals surface area contributed by atoms with Crippen LogP contribution in [0.4, 0.5) is 11.5 Å². The third kappa shape index (κ3) is 2.34. The molecule has 1 unspecified atom stereocenters. The fraction of sp³-hybridized carbons (Fsp3) is 0.556. The molecule has 2 heterocycles. The van der Waals surface area contributed by atoms with E-state index >= 15 is 0 Å². The average Bonchev–Trinajstić information content (AvgIpc) is 2.68. The van der Waals surface area contributed by atoms with Crippen LogP contribution in [0.25, 0.3) is 0 Å². The summed E-state index contributed by atoms with van der Waals surface area (Å²) in [5, 5.41) is 13.2. The number of nitrogens with one attached hydrogen (secondary N) is 1. The Hall–Kier alpha value is -1.11. The predicted molar refractivity (Wildman–Crippen MR) is 60.3 cm³/mol. The molecule has 1 aromatic rings. The van der Waals surface area contributed by atoms with Gasteiger partial charge in [-0.2, -0.15) is 0 Å². The molecule has 1 aliphatic rings. The summed E-state index contributed by atoms with van der Waals surface area (Å²) in [7, 11) is 0. The maximum atomic E-state index is 10.0. The van der Waals surface area contributed by atoms with Crippen molar-refractivity contribution in [1.82, 2.24) is 9.97 Å². The second kappa shape index (κ2) is 4.40. The van der Waals surface area contributed by atoms with Gasteiger partial charge in [0.2, 0.25) is 0 Å². The minimum atomic E-state index is -0.857. The molecule has 1 aromatic heterocycles. The van der Waals surface area contributed by atoms with Crippen molar-refractivity contribution in [2.24, 2.45) is 0 Å². The summed E-state index contributed by atoms with van der Waals surface area (Å²) in [6.45, 7) is 1.21. The van der Waals surface area contributed by atoms with Crippen molar-refractivity contribution >= 4 is 23.1 Å². The van der Waals surface area contributed by atoms with Gasteiger partial charge in [-0.1, -0.05) is 11.6 Å². The lowest BCUT2D eigenvalue weighted by Crippen LogP contribution is -2.37. The van der Waals surface area contributed by atoms with Gasteiger partial charge in [0.05, 0.1) is 6.61 Å². The number of hydrogen-bond acceptors (Lipinski definition) is 6. The van der Waals surface area contributed by atoms with E-state index in [0.717, 1.165) is 0 Å². The van der Waals surface area contributed by atoms with Crippen LogP contribution in [0, 0.1) is 0 Å². The summed E-state index contributed by atoms with van der Waals surface area (Å²) >= 11 is 5.74. The maximum absolute atomic E-state index is 10.0.